The molecule has 7 rings (SSSR count). The molecule has 1 heterocycles. The van der Waals surface area contributed by atoms with Crippen LogP contribution < -0.4 is 5.32 Å². The molecule has 1 N–H and O–H groups in total. The highest BCUT2D eigenvalue weighted by atomic mass is 32.1. The molecule has 0 saturated carbocycles. The number of para-hydroxylation sites is 1. The zero-order valence-electron chi connectivity index (χ0n) is 19.6. The topological polar surface area (TPSA) is 12.0 Å². The Morgan fingerprint density at radius 2 is 1.14 bits per heavy atom. The molecule has 36 heavy (non-hydrogen) atoms. The highest BCUT2D eigenvalue weighted by Gasteiger charge is 2.16. The van der Waals surface area contributed by atoms with Gasteiger partial charge in [0.2, 0.25) is 0 Å². The Bertz CT molecular complexity index is 1860. The van der Waals surface area contributed by atoms with Crippen molar-refractivity contribution >= 4 is 53.7 Å². The molecule has 0 unspecified atom stereocenters. The molecule has 2 heteroatoms. The highest BCUT2D eigenvalue weighted by molar-refractivity contribution is 7.26. The summed E-state index contributed by atoms with van der Waals surface area (Å²) in [5.74, 6) is 0. The second-order valence-corrected chi connectivity index (χ2v) is 10.1. The van der Waals surface area contributed by atoms with E-state index in [0.29, 0.717) is 0 Å². The van der Waals surface area contributed by atoms with Crippen molar-refractivity contribution in [2.45, 2.75) is 0 Å². The van der Waals surface area contributed by atoms with E-state index >= 15 is 0 Å². The molecule has 1 aromatic heterocycles. The molecule has 0 aliphatic rings. The lowest BCUT2D eigenvalue weighted by molar-refractivity contribution is 1.57. The number of anilines is 2. The van der Waals surface area contributed by atoms with Crippen LogP contribution >= 0.6 is 11.3 Å². The van der Waals surface area contributed by atoms with Crippen molar-refractivity contribution in [3.8, 4) is 22.3 Å². The molecule has 0 atom stereocenters. The van der Waals surface area contributed by atoms with Gasteiger partial charge in [-0.15, -0.1) is 11.3 Å². The largest absolute Gasteiger partial charge is 0.354 e. The number of thiophene rings is 1. The number of rotatable bonds is 4. The molecule has 0 radical (unpaired) electrons. The highest BCUT2D eigenvalue weighted by Crippen LogP contribution is 2.45. The van der Waals surface area contributed by atoms with Gasteiger partial charge in [-0.25, -0.2) is 0 Å². The van der Waals surface area contributed by atoms with Gasteiger partial charge < -0.3 is 5.32 Å². The molecule has 0 saturated heterocycles. The summed E-state index contributed by atoms with van der Waals surface area (Å²) in [5.41, 5.74) is 7.21. The Morgan fingerprint density at radius 3 is 2.06 bits per heavy atom. The van der Waals surface area contributed by atoms with E-state index in [4.69, 9.17) is 0 Å². The van der Waals surface area contributed by atoms with Crippen LogP contribution in [0.25, 0.3) is 53.2 Å². The van der Waals surface area contributed by atoms with Gasteiger partial charge in [0.1, 0.15) is 0 Å². The van der Waals surface area contributed by atoms with Gasteiger partial charge in [-0.1, -0.05) is 115 Å². The fourth-order valence-electron chi connectivity index (χ4n) is 5.21. The van der Waals surface area contributed by atoms with E-state index in [-0.39, 0.29) is 0 Å². The summed E-state index contributed by atoms with van der Waals surface area (Å²) in [6.45, 7) is 0. The van der Waals surface area contributed by atoms with E-state index in [1.165, 1.54) is 53.2 Å². The molecule has 0 aliphatic carbocycles. The minimum Gasteiger partial charge on any atom is -0.354 e. The summed E-state index contributed by atoms with van der Waals surface area (Å²) in [4.78, 5) is 0. The second-order valence-electron chi connectivity index (χ2n) is 9.03. The van der Waals surface area contributed by atoms with Crippen LogP contribution in [0.4, 0.5) is 11.4 Å². The monoisotopic (exact) mass is 477 g/mol. The maximum atomic E-state index is 3.84. The maximum absolute atomic E-state index is 3.84. The Balaban J connectivity index is 1.44. The minimum absolute atomic E-state index is 1.11. The average molecular weight is 478 g/mol. The summed E-state index contributed by atoms with van der Waals surface area (Å²) >= 11 is 1.87. The number of nitrogens with one attached hydrogen (secondary N) is 1. The van der Waals surface area contributed by atoms with Crippen molar-refractivity contribution in [2.75, 3.05) is 5.32 Å². The number of benzene rings is 6. The first-order valence-corrected chi connectivity index (χ1v) is 13.0. The van der Waals surface area contributed by atoms with E-state index in [0.717, 1.165) is 11.4 Å². The van der Waals surface area contributed by atoms with Crippen LogP contribution in [0.3, 0.4) is 0 Å². The lowest BCUT2D eigenvalue weighted by Crippen LogP contribution is -1.95. The van der Waals surface area contributed by atoms with Crippen molar-refractivity contribution < 1.29 is 0 Å². The van der Waals surface area contributed by atoms with Gasteiger partial charge in [-0.05, 0) is 45.7 Å². The molecule has 6 aromatic carbocycles. The van der Waals surface area contributed by atoms with Crippen molar-refractivity contribution in [3.63, 3.8) is 0 Å². The SMILES string of the molecule is c1ccc(-c2ccc(Nc3ccccc3-c3cccc4ccccc34)c3c2sc2ccccc23)cc1. The van der Waals surface area contributed by atoms with Crippen LogP contribution in [-0.2, 0) is 0 Å². The summed E-state index contributed by atoms with van der Waals surface area (Å²) in [5, 5.41) is 8.93. The average Bonchev–Trinajstić information content (AvgIpc) is 3.34. The Hall–Kier alpha value is -4.40. The smallest absolute Gasteiger partial charge is 0.0479 e. The molecule has 0 spiro atoms. The van der Waals surface area contributed by atoms with Crippen LogP contribution in [0.2, 0.25) is 0 Å². The standard InChI is InChI=1S/C34H23NS/c1-2-11-24(12-3-1)26-21-22-31(33-29-17-7-9-20-32(29)36-34(26)33)35-30-19-8-6-16-28(30)27-18-10-14-23-13-4-5-15-25(23)27/h1-22,35H. The summed E-state index contributed by atoms with van der Waals surface area (Å²) in [6, 6.07) is 47.7. The number of hydrogen-bond donors (Lipinski definition) is 1. The van der Waals surface area contributed by atoms with Crippen LogP contribution in [0.1, 0.15) is 0 Å². The van der Waals surface area contributed by atoms with Crippen molar-refractivity contribution in [1.29, 1.82) is 0 Å². The van der Waals surface area contributed by atoms with Crippen molar-refractivity contribution in [1.82, 2.24) is 0 Å². The summed E-state index contributed by atoms with van der Waals surface area (Å²) < 4.78 is 2.62. The van der Waals surface area contributed by atoms with Crippen LogP contribution in [0, 0.1) is 0 Å². The molecule has 0 amide bonds. The van der Waals surface area contributed by atoms with Gasteiger partial charge in [-0.2, -0.15) is 0 Å². The minimum atomic E-state index is 1.11. The first-order valence-electron chi connectivity index (χ1n) is 12.2. The predicted molar refractivity (Wildman–Crippen MR) is 157 cm³/mol. The Morgan fingerprint density at radius 1 is 0.444 bits per heavy atom. The van der Waals surface area contributed by atoms with Crippen LogP contribution in [-0.4, -0.2) is 0 Å². The van der Waals surface area contributed by atoms with Crippen LogP contribution in [0.15, 0.2) is 133 Å². The molecule has 1 nitrogen and oxygen atoms in total. The maximum Gasteiger partial charge on any atom is 0.0479 e. The molecule has 0 bridgehead atoms. The van der Waals surface area contributed by atoms with Crippen molar-refractivity contribution in [2.24, 2.45) is 0 Å². The van der Waals surface area contributed by atoms with E-state index in [1.807, 2.05) is 11.3 Å². The van der Waals surface area contributed by atoms with Gasteiger partial charge in [0.25, 0.3) is 0 Å². The van der Waals surface area contributed by atoms with Gasteiger partial charge in [0, 0.05) is 37.1 Å². The van der Waals surface area contributed by atoms with E-state index in [1.54, 1.807) is 0 Å². The zero-order valence-corrected chi connectivity index (χ0v) is 20.4. The lowest BCUT2D eigenvalue weighted by Gasteiger charge is -2.16. The van der Waals surface area contributed by atoms with Gasteiger partial charge in [-0.3, -0.25) is 0 Å². The first kappa shape index (κ1) is 20.9. The normalized spacial score (nSPS) is 11.3. The van der Waals surface area contributed by atoms with Gasteiger partial charge >= 0.3 is 0 Å². The fraction of sp³-hybridized carbons (Fsp3) is 0. The number of fused-ring (bicyclic) bond motifs is 4. The van der Waals surface area contributed by atoms with Crippen LogP contribution in [0.5, 0.6) is 0 Å². The molecular weight excluding hydrogens is 454 g/mol. The fourth-order valence-corrected chi connectivity index (χ4v) is 6.47. The second kappa shape index (κ2) is 8.67. The van der Waals surface area contributed by atoms with Gasteiger partial charge in [0.05, 0.1) is 0 Å². The predicted octanol–water partition coefficient (Wildman–Crippen LogP) is 10.3. The molecule has 7 aromatic rings. The van der Waals surface area contributed by atoms with E-state index in [2.05, 4.69) is 139 Å². The summed E-state index contributed by atoms with van der Waals surface area (Å²) in [6.07, 6.45) is 0. The number of hydrogen-bond acceptors (Lipinski definition) is 2. The molecule has 170 valence electrons. The van der Waals surface area contributed by atoms with E-state index in [9.17, 15) is 0 Å². The molecule has 0 fully saturated rings. The third-order valence-electron chi connectivity index (χ3n) is 6.89. The molecular formula is C34H23NS. The Labute approximate surface area is 214 Å². The first-order chi connectivity index (χ1) is 17.9. The van der Waals surface area contributed by atoms with Gasteiger partial charge in [0.15, 0.2) is 0 Å². The third kappa shape index (κ3) is 3.46. The summed E-state index contributed by atoms with van der Waals surface area (Å²) in [7, 11) is 0. The van der Waals surface area contributed by atoms with E-state index < -0.39 is 0 Å². The third-order valence-corrected chi connectivity index (χ3v) is 8.09. The quantitative estimate of drug-likeness (QED) is 0.266. The Kier molecular flexibility index (Phi) is 5.04. The zero-order chi connectivity index (χ0) is 23.9. The lowest BCUT2D eigenvalue weighted by atomic mass is 9.96. The van der Waals surface area contributed by atoms with Crippen molar-refractivity contribution in [3.05, 3.63) is 133 Å². The molecule has 0 aliphatic heterocycles.